The Hall–Kier alpha value is -2.32. The fourth-order valence-corrected chi connectivity index (χ4v) is 3.76. The van der Waals surface area contributed by atoms with E-state index in [-0.39, 0.29) is 0 Å². The van der Waals surface area contributed by atoms with Crippen LogP contribution in [0.2, 0.25) is 0 Å². The van der Waals surface area contributed by atoms with Crippen LogP contribution in [0.3, 0.4) is 0 Å². The van der Waals surface area contributed by atoms with E-state index in [1.165, 1.54) is 33.2 Å². The van der Waals surface area contributed by atoms with Crippen LogP contribution in [0.15, 0.2) is 60.8 Å². The maximum atomic E-state index is 3.37. The van der Waals surface area contributed by atoms with Gasteiger partial charge in [0.25, 0.3) is 0 Å². The van der Waals surface area contributed by atoms with E-state index in [0.29, 0.717) is 0 Å². The predicted octanol–water partition coefficient (Wildman–Crippen LogP) is 4.81. The van der Waals surface area contributed by atoms with Crippen LogP contribution < -0.4 is 0 Å². The first-order valence-corrected chi connectivity index (χ1v) is 8.83. The first-order valence-electron chi connectivity index (χ1n) is 8.83. The molecule has 0 bridgehead atoms. The van der Waals surface area contributed by atoms with Gasteiger partial charge in [0.1, 0.15) is 0 Å². The van der Waals surface area contributed by atoms with E-state index in [4.69, 9.17) is 0 Å². The third-order valence-electron chi connectivity index (χ3n) is 5.12. The van der Waals surface area contributed by atoms with Crippen molar-refractivity contribution in [1.29, 1.82) is 0 Å². The highest BCUT2D eigenvalue weighted by Crippen LogP contribution is 2.24. The minimum atomic E-state index is 1.06. The predicted molar refractivity (Wildman–Crippen MR) is 102 cm³/mol. The number of aromatic nitrogens is 1. The number of nitrogens with zero attached hydrogens (tertiary/aromatic N) is 1. The van der Waals surface area contributed by atoms with Gasteiger partial charge in [0.15, 0.2) is 0 Å². The summed E-state index contributed by atoms with van der Waals surface area (Å²) in [6.45, 7) is 5.54. The monoisotopic (exact) mass is 316 g/mol. The number of rotatable bonds is 4. The highest BCUT2D eigenvalue weighted by Gasteiger charge is 2.13. The summed E-state index contributed by atoms with van der Waals surface area (Å²) >= 11 is 0. The quantitative estimate of drug-likeness (QED) is 0.732. The summed E-state index contributed by atoms with van der Waals surface area (Å²) in [5.74, 6) is 0. The van der Waals surface area contributed by atoms with E-state index in [0.717, 1.165) is 32.5 Å². The molecule has 0 atom stereocenters. The van der Waals surface area contributed by atoms with Crippen LogP contribution in [0.25, 0.3) is 16.5 Å². The normalized spacial score (nSPS) is 15.6. The minimum Gasteiger partial charge on any atom is -0.361 e. The molecule has 1 aromatic heterocycles. The molecular weight excluding hydrogens is 292 g/mol. The Morgan fingerprint density at radius 3 is 2.71 bits per heavy atom. The Kier molecular flexibility index (Phi) is 4.22. The molecule has 2 aromatic carbocycles. The van der Waals surface area contributed by atoms with Crippen LogP contribution in [-0.2, 0) is 6.42 Å². The van der Waals surface area contributed by atoms with Crippen molar-refractivity contribution in [1.82, 2.24) is 9.88 Å². The van der Waals surface area contributed by atoms with Crippen molar-refractivity contribution < 1.29 is 0 Å². The molecule has 0 fully saturated rings. The van der Waals surface area contributed by atoms with E-state index in [1.54, 1.807) is 0 Å². The first-order chi connectivity index (χ1) is 11.8. The van der Waals surface area contributed by atoms with Crippen LogP contribution >= 0.6 is 0 Å². The minimum absolute atomic E-state index is 1.06. The number of aromatic amines is 1. The SMILES string of the molecule is Cc1c[nH]c2cccc(CCN3CC=C(c4ccccc4)CC3)c12. The smallest absolute Gasteiger partial charge is 0.0459 e. The summed E-state index contributed by atoms with van der Waals surface area (Å²) in [6, 6.07) is 17.4. The second-order valence-corrected chi connectivity index (χ2v) is 6.71. The van der Waals surface area contributed by atoms with Gasteiger partial charge in [-0.25, -0.2) is 0 Å². The fourth-order valence-electron chi connectivity index (χ4n) is 3.76. The van der Waals surface area contributed by atoms with Crippen LogP contribution in [0.4, 0.5) is 0 Å². The average molecular weight is 316 g/mol. The lowest BCUT2D eigenvalue weighted by Crippen LogP contribution is -2.30. The van der Waals surface area contributed by atoms with Crippen LogP contribution in [-0.4, -0.2) is 29.5 Å². The molecule has 0 radical (unpaired) electrons. The van der Waals surface area contributed by atoms with Gasteiger partial charge in [-0.15, -0.1) is 0 Å². The Bertz CT molecular complexity index is 858. The van der Waals surface area contributed by atoms with E-state index in [1.807, 2.05) is 0 Å². The average Bonchev–Trinajstić information content (AvgIpc) is 3.03. The molecule has 122 valence electrons. The maximum Gasteiger partial charge on any atom is 0.0459 e. The van der Waals surface area contributed by atoms with Crippen LogP contribution in [0, 0.1) is 6.92 Å². The summed E-state index contributed by atoms with van der Waals surface area (Å²) in [5, 5.41) is 1.41. The summed E-state index contributed by atoms with van der Waals surface area (Å²) in [4.78, 5) is 5.93. The van der Waals surface area contributed by atoms with Crippen molar-refractivity contribution in [3.63, 3.8) is 0 Å². The molecule has 24 heavy (non-hydrogen) atoms. The van der Waals surface area contributed by atoms with Crippen molar-refractivity contribution in [2.24, 2.45) is 0 Å². The fraction of sp³-hybridized carbons (Fsp3) is 0.273. The number of benzene rings is 2. The molecule has 4 rings (SSSR count). The molecule has 1 N–H and O–H groups in total. The third-order valence-corrected chi connectivity index (χ3v) is 5.12. The van der Waals surface area contributed by atoms with Crippen molar-refractivity contribution >= 4 is 16.5 Å². The second kappa shape index (κ2) is 6.66. The lowest BCUT2D eigenvalue weighted by Gasteiger charge is -2.26. The maximum absolute atomic E-state index is 3.37. The topological polar surface area (TPSA) is 19.0 Å². The van der Waals surface area contributed by atoms with Crippen LogP contribution in [0.1, 0.15) is 23.1 Å². The molecule has 0 amide bonds. The van der Waals surface area contributed by atoms with Gasteiger partial charge in [0.2, 0.25) is 0 Å². The summed E-state index contributed by atoms with van der Waals surface area (Å²) in [7, 11) is 0. The Balaban J connectivity index is 1.42. The van der Waals surface area contributed by atoms with Gasteiger partial charge < -0.3 is 4.98 Å². The Labute approximate surface area is 143 Å². The highest BCUT2D eigenvalue weighted by molar-refractivity contribution is 5.86. The zero-order chi connectivity index (χ0) is 16.4. The molecule has 0 saturated carbocycles. The summed E-state index contributed by atoms with van der Waals surface area (Å²) < 4.78 is 0. The molecule has 1 aliphatic heterocycles. The molecule has 2 heterocycles. The van der Waals surface area contributed by atoms with Gasteiger partial charge in [-0.2, -0.15) is 0 Å². The number of hydrogen-bond acceptors (Lipinski definition) is 1. The zero-order valence-electron chi connectivity index (χ0n) is 14.3. The third kappa shape index (κ3) is 3.02. The summed E-state index contributed by atoms with van der Waals surface area (Å²) in [6.07, 6.45) is 6.78. The van der Waals surface area contributed by atoms with E-state index in [9.17, 15) is 0 Å². The van der Waals surface area contributed by atoms with Crippen molar-refractivity contribution in [3.05, 3.63) is 77.5 Å². The molecule has 0 saturated heterocycles. The van der Waals surface area contributed by atoms with E-state index >= 15 is 0 Å². The number of hydrogen-bond donors (Lipinski definition) is 1. The molecule has 0 spiro atoms. The summed E-state index contributed by atoms with van der Waals surface area (Å²) in [5.41, 5.74) is 6.95. The lowest BCUT2D eigenvalue weighted by atomic mass is 9.99. The van der Waals surface area contributed by atoms with Crippen molar-refractivity contribution in [2.45, 2.75) is 19.8 Å². The van der Waals surface area contributed by atoms with Gasteiger partial charge in [-0.3, -0.25) is 4.90 Å². The molecule has 1 aliphatic rings. The van der Waals surface area contributed by atoms with Gasteiger partial charge in [0.05, 0.1) is 0 Å². The molecule has 2 heteroatoms. The largest absolute Gasteiger partial charge is 0.361 e. The molecule has 2 nitrogen and oxygen atoms in total. The van der Waals surface area contributed by atoms with Gasteiger partial charge in [-0.1, -0.05) is 48.5 Å². The molecular formula is C22H24N2. The first kappa shape index (κ1) is 15.2. The highest BCUT2D eigenvalue weighted by atomic mass is 15.1. The van der Waals surface area contributed by atoms with Crippen molar-refractivity contribution in [2.75, 3.05) is 19.6 Å². The molecule has 0 aliphatic carbocycles. The number of aryl methyl sites for hydroxylation is 1. The van der Waals surface area contributed by atoms with Gasteiger partial charge in [0, 0.05) is 36.7 Å². The Morgan fingerprint density at radius 1 is 1.04 bits per heavy atom. The zero-order valence-corrected chi connectivity index (χ0v) is 14.3. The van der Waals surface area contributed by atoms with E-state index in [2.05, 4.69) is 77.6 Å². The second-order valence-electron chi connectivity index (χ2n) is 6.71. The molecule has 3 aromatic rings. The van der Waals surface area contributed by atoms with Gasteiger partial charge in [-0.05, 0) is 48.1 Å². The Morgan fingerprint density at radius 2 is 1.92 bits per heavy atom. The number of nitrogens with one attached hydrogen (secondary N) is 1. The van der Waals surface area contributed by atoms with Gasteiger partial charge >= 0.3 is 0 Å². The van der Waals surface area contributed by atoms with Crippen LogP contribution in [0.5, 0.6) is 0 Å². The standard InChI is InChI=1S/C22H24N2/c1-17-16-23-21-9-5-8-20(22(17)21)12-15-24-13-10-19(11-14-24)18-6-3-2-4-7-18/h2-10,16,23H,11-15H2,1H3. The van der Waals surface area contributed by atoms with E-state index < -0.39 is 0 Å². The molecule has 0 unspecified atom stereocenters. The number of H-pyrrole nitrogens is 1. The van der Waals surface area contributed by atoms with Crippen molar-refractivity contribution in [3.8, 4) is 0 Å². The lowest BCUT2D eigenvalue weighted by molar-refractivity contribution is 0.306. The number of fused-ring (bicyclic) bond motifs is 1.